The van der Waals surface area contributed by atoms with E-state index in [0.29, 0.717) is 17.8 Å². The summed E-state index contributed by atoms with van der Waals surface area (Å²) >= 11 is 5.82. The fourth-order valence-corrected chi connectivity index (χ4v) is 5.81. The van der Waals surface area contributed by atoms with E-state index in [4.69, 9.17) is 11.6 Å². The van der Waals surface area contributed by atoms with Gasteiger partial charge in [0.2, 0.25) is 5.91 Å². The number of hydrogen-bond donors (Lipinski definition) is 3. The molecule has 37 heavy (non-hydrogen) atoms. The molecule has 3 saturated carbocycles. The zero-order chi connectivity index (χ0) is 26.2. The number of nitrogens with one attached hydrogen (secondary N) is 3. The summed E-state index contributed by atoms with van der Waals surface area (Å²) in [6.45, 7) is 0.611. The van der Waals surface area contributed by atoms with Crippen molar-refractivity contribution in [2.75, 3.05) is 13.6 Å². The Bertz CT molecular complexity index is 1370. The molecule has 0 atom stereocenters. The van der Waals surface area contributed by atoms with E-state index in [1.165, 1.54) is 35.0 Å². The van der Waals surface area contributed by atoms with Crippen molar-refractivity contribution in [1.82, 2.24) is 30.5 Å². The molecule has 1 aromatic carbocycles. The number of carbonyl (C=O) groups excluding carboxylic acids is 3. The van der Waals surface area contributed by atoms with E-state index in [1.54, 1.807) is 13.1 Å². The van der Waals surface area contributed by atoms with Crippen LogP contribution < -0.4 is 16.0 Å². The molecule has 0 saturated heterocycles. The smallest absolute Gasteiger partial charge is 0.270 e. The van der Waals surface area contributed by atoms with Crippen LogP contribution in [0.2, 0.25) is 5.02 Å². The third-order valence-electron chi connectivity index (χ3n) is 8.00. The zero-order valence-electron chi connectivity index (χ0n) is 20.4. The Hall–Kier alpha value is -3.53. The second kappa shape index (κ2) is 9.74. The number of amides is 3. The van der Waals surface area contributed by atoms with Crippen LogP contribution in [0.3, 0.4) is 0 Å². The van der Waals surface area contributed by atoms with Crippen molar-refractivity contribution in [1.29, 1.82) is 0 Å². The van der Waals surface area contributed by atoms with E-state index in [-0.39, 0.29) is 45.6 Å². The van der Waals surface area contributed by atoms with Gasteiger partial charge in [-0.1, -0.05) is 17.7 Å². The summed E-state index contributed by atoms with van der Waals surface area (Å²) in [5, 5.41) is 12.8. The predicted molar refractivity (Wildman–Crippen MR) is 135 cm³/mol. The minimum atomic E-state index is -0.535. The molecule has 2 heterocycles. The molecule has 3 aliphatic carbocycles. The summed E-state index contributed by atoms with van der Waals surface area (Å²) in [5.74, 6) is -1.25. The van der Waals surface area contributed by atoms with E-state index < -0.39 is 11.7 Å². The molecule has 11 heteroatoms. The Morgan fingerprint density at radius 3 is 2.43 bits per heavy atom. The number of nitrogens with zero attached hydrogens (tertiary/aromatic N) is 3. The minimum absolute atomic E-state index is 0.0285. The van der Waals surface area contributed by atoms with E-state index >= 15 is 0 Å². The van der Waals surface area contributed by atoms with Crippen LogP contribution in [-0.4, -0.2) is 45.9 Å². The van der Waals surface area contributed by atoms with Crippen LogP contribution in [0.1, 0.15) is 65.1 Å². The number of rotatable bonds is 7. The average molecular weight is 527 g/mol. The highest BCUT2D eigenvalue weighted by Gasteiger charge is 2.52. The van der Waals surface area contributed by atoms with Gasteiger partial charge >= 0.3 is 0 Å². The number of aromatic nitrogens is 3. The molecule has 0 aliphatic heterocycles. The molecule has 3 fully saturated rings. The van der Waals surface area contributed by atoms with Gasteiger partial charge in [0.1, 0.15) is 17.2 Å². The molecule has 0 spiro atoms. The van der Waals surface area contributed by atoms with Crippen LogP contribution in [0, 0.1) is 16.6 Å². The van der Waals surface area contributed by atoms with Crippen LogP contribution in [0.4, 0.5) is 4.39 Å². The molecule has 2 aromatic heterocycles. The van der Waals surface area contributed by atoms with Crippen LogP contribution in [-0.2, 0) is 11.3 Å². The average Bonchev–Trinajstić information content (AvgIpc) is 3.41. The van der Waals surface area contributed by atoms with Gasteiger partial charge in [0.15, 0.2) is 5.65 Å². The van der Waals surface area contributed by atoms with Crippen molar-refractivity contribution in [3.05, 3.63) is 64.3 Å². The van der Waals surface area contributed by atoms with Gasteiger partial charge in [0.05, 0.1) is 11.2 Å². The lowest BCUT2D eigenvalue weighted by atomic mass is 9.53. The molecule has 3 aliphatic rings. The molecule has 0 unspecified atom stereocenters. The Morgan fingerprint density at radius 2 is 1.76 bits per heavy atom. The summed E-state index contributed by atoms with van der Waals surface area (Å²) < 4.78 is 14.8. The van der Waals surface area contributed by atoms with Crippen LogP contribution in [0.25, 0.3) is 5.65 Å². The molecular formula is C26H28ClFN6O3. The first-order chi connectivity index (χ1) is 17.7. The first-order valence-corrected chi connectivity index (χ1v) is 12.7. The van der Waals surface area contributed by atoms with Gasteiger partial charge in [0.25, 0.3) is 11.8 Å². The standard InChI is InChI=1S/C26H28ClFN6O3/c1-29-24(37)26-8-5-25(6-9-26,7-10-26)15-31-23(36)20-13-19(33-21-4-11-32-34(20)21)22(35)30-14-16-2-3-18(28)17(27)12-16/h2-4,11-13H,5-10,14-15H2,1H3,(H,29,37)(H,30,35)(H,31,36). The molecule has 0 radical (unpaired) electrons. The molecule has 6 rings (SSSR count). The monoisotopic (exact) mass is 526 g/mol. The van der Waals surface area contributed by atoms with E-state index in [9.17, 15) is 18.8 Å². The van der Waals surface area contributed by atoms with Crippen molar-refractivity contribution >= 4 is 35.0 Å². The van der Waals surface area contributed by atoms with Crippen molar-refractivity contribution in [3.8, 4) is 0 Å². The summed E-state index contributed by atoms with van der Waals surface area (Å²) in [4.78, 5) is 42.8. The first kappa shape index (κ1) is 25.1. The maximum atomic E-state index is 13.4. The molecule has 2 bridgehead atoms. The normalized spacial score (nSPS) is 22.6. The maximum absolute atomic E-state index is 13.4. The number of carbonyl (C=O) groups is 3. The van der Waals surface area contributed by atoms with Crippen molar-refractivity contribution in [3.63, 3.8) is 0 Å². The van der Waals surface area contributed by atoms with Gasteiger partial charge in [0, 0.05) is 37.7 Å². The van der Waals surface area contributed by atoms with Gasteiger partial charge < -0.3 is 16.0 Å². The molecule has 9 nitrogen and oxygen atoms in total. The highest BCUT2D eigenvalue weighted by atomic mass is 35.5. The number of fused-ring (bicyclic) bond motifs is 4. The third kappa shape index (κ3) is 4.77. The van der Waals surface area contributed by atoms with Gasteiger partial charge in [-0.05, 0) is 61.6 Å². The second-order valence-corrected chi connectivity index (χ2v) is 10.5. The van der Waals surface area contributed by atoms with Crippen LogP contribution in [0.5, 0.6) is 0 Å². The summed E-state index contributed by atoms with van der Waals surface area (Å²) in [5.41, 5.74) is 0.962. The SMILES string of the molecule is CNC(=O)C12CCC(CNC(=O)c3cc(C(=O)NCc4ccc(F)c(Cl)c4)nc4ccnn34)(CC1)CC2. The molecule has 3 aromatic rings. The number of hydrogen-bond acceptors (Lipinski definition) is 5. The molecule has 3 amide bonds. The zero-order valence-corrected chi connectivity index (χ0v) is 21.2. The summed E-state index contributed by atoms with van der Waals surface area (Å²) in [7, 11) is 1.69. The Kier molecular flexibility index (Phi) is 6.61. The largest absolute Gasteiger partial charge is 0.359 e. The minimum Gasteiger partial charge on any atom is -0.359 e. The fourth-order valence-electron chi connectivity index (χ4n) is 5.61. The third-order valence-corrected chi connectivity index (χ3v) is 8.29. The van der Waals surface area contributed by atoms with Crippen molar-refractivity contribution in [2.24, 2.45) is 10.8 Å². The molecule has 194 valence electrons. The van der Waals surface area contributed by atoms with Crippen molar-refractivity contribution < 1.29 is 18.8 Å². The van der Waals surface area contributed by atoms with E-state index in [0.717, 1.165) is 38.5 Å². The molecule has 3 N–H and O–H groups in total. The lowest BCUT2D eigenvalue weighted by Gasteiger charge is -2.52. The van der Waals surface area contributed by atoms with Crippen LogP contribution >= 0.6 is 11.6 Å². The van der Waals surface area contributed by atoms with Gasteiger partial charge in [-0.2, -0.15) is 5.10 Å². The first-order valence-electron chi connectivity index (χ1n) is 12.3. The highest BCUT2D eigenvalue weighted by Crippen LogP contribution is 2.56. The predicted octanol–water partition coefficient (Wildman–Crippen LogP) is 3.27. The fraction of sp³-hybridized carbons (Fsp3) is 0.423. The molecular weight excluding hydrogens is 499 g/mol. The van der Waals surface area contributed by atoms with E-state index in [1.807, 2.05) is 0 Å². The van der Waals surface area contributed by atoms with E-state index in [2.05, 4.69) is 26.0 Å². The summed E-state index contributed by atoms with van der Waals surface area (Å²) in [6, 6.07) is 7.24. The lowest BCUT2D eigenvalue weighted by Crippen LogP contribution is -2.52. The van der Waals surface area contributed by atoms with Gasteiger partial charge in [-0.25, -0.2) is 13.9 Å². The maximum Gasteiger partial charge on any atom is 0.270 e. The Balaban J connectivity index is 1.28. The topological polar surface area (TPSA) is 117 Å². The van der Waals surface area contributed by atoms with Crippen LogP contribution in [0.15, 0.2) is 36.5 Å². The number of halogens is 2. The van der Waals surface area contributed by atoms with Crippen molar-refractivity contribution in [2.45, 2.75) is 45.1 Å². The number of benzene rings is 1. The quantitative estimate of drug-likeness (QED) is 0.437. The Labute approximate surface area is 218 Å². The lowest BCUT2D eigenvalue weighted by molar-refractivity contribution is -0.139. The summed E-state index contributed by atoms with van der Waals surface area (Å²) in [6.07, 6.45) is 6.64. The second-order valence-electron chi connectivity index (χ2n) is 10.1. The Morgan fingerprint density at radius 1 is 1.03 bits per heavy atom. The van der Waals surface area contributed by atoms with Gasteiger partial charge in [-0.3, -0.25) is 14.4 Å². The highest BCUT2D eigenvalue weighted by molar-refractivity contribution is 6.30. The van der Waals surface area contributed by atoms with Gasteiger partial charge in [-0.15, -0.1) is 0 Å².